The molecule has 4 nitrogen and oxygen atoms in total. The summed E-state index contributed by atoms with van der Waals surface area (Å²) in [7, 11) is 0. The Bertz CT molecular complexity index is 791. The molecule has 0 radical (unpaired) electrons. The van der Waals surface area contributed by atoms with Crippen LogP contribution >= 0.6 is 0 Å². The van der Waals surface area contributed by atoms with Gasteiger partial charge in [-0.3, -0.25) is 4.79 Å². The lowest BCUT2D eigenvalue weighted by atomic mass is 9.85. The molecule has 154 valence electrons. The van der Waals surface area contributed by atoms with Crippen molar-refractivity contribution in [3.63, 3.8) is 0 Å². The van der Waals surface area contributed by atoms with E-state index in [0.29, 0.717) is 25.1 Å². The van der Waals surface area contributed by atoms with Crippen molar-refractivity contribution in [1.82, 2.24) is 10.6 Å². The van der Waals surface area contributed by atoms with E-state index < -0.39 is 0 Å². The van der Waals surface area contributed by atoms with E-state index in [1.54, 1.807) is 0 Å². The van der Waals surface area contributed by atoms with E-state index in [0.717, 1.165) is 37.0 Å². The Hall–Kier alpha value is -2.33. The van der Waals surface area contributed by atoms with E-state index in [4.69, 9.17) is 4.74 Å². The quantitative estimate of drug-likeness (QED) is 0.705. The number of hydrogen-bond acceptors (Lipinski definition) is 3. The molecule has 2 aromatic carbocycles. The molecule has 1 fully saturated rings. The van der Waals surface area contributed by atoms with Crippen molar-refractivity contribution in [2.24, 2.45) is 0 Å². The molecule has 4 heteroatoms. The number of aryl methyl sites for hydroxylation is 2. The maximum absolute atomic E-state index is 12.5. The van der Waals surface area contributed by atoms with Gasteiger partial charge in [-0.15, -0.1) is 0 Å². The molecular formula is C25H32N2O2. The van der Waals surface area contributed by atoms with Crippen LogP contribution in [0.2, 0.25) is 0 Å². The van der Waals surface area contributed by atoms with Gasteiger partial charge in [-0.1, -0.05) is 36.4 Å². The number of hydrogen-bond donors (Lipinski definition) is 2. The van der Waals surface area contributed by atoms with E-state index in [2.05, 4.69) is 34.9 Å². The predicted molar refractivity (Wildman–Crippen MR) is 116 cm³/mol. The zero-order valence-corrected chi connectivity index (χ0v) is 17.3. The summed E-state index contributed by atoms with van der Waals surface area (Å²) >= 11 is 0. The Morgan fingerprint density at radius 1 is 0.931 bits per heavy atom. The molecule has 2 N–H and O–H groups in total. The second-order valence-corrected chi connectivity index (χ2v) is 8.32. The van der Waals surface area contributed by atoms with Gasteiger partial charge >= 0.3 is 0 Å². The number of carbonyl (C=O) groups excluding carboxylic acids is 1. The zero-order chi connectivity index (χ0) is 20.1. The molecule has 1 amide bonds. The second kappa shape index (κ2) is 9.45. The van der Waals surface area contributed by atoms with E-state index in [9.17, 15) is 4.79 Å². The molecule has 2 aliphatic rings. The van der Waals surface area contributed by atoms with Gasteiger partial charge in [-0.25, -0.2) is 0 Å². The Labute approximate surface area is 174 Å². The fourth-order valence-electron chi connectivity index (χ4n) is 4.50. The number of rotatable bonds is 7. The molecule has 0 aromatic heterocycles. The Morgan fingerprint density at radius 3 is 2.17 bits per heavy atom. The summed E-state index contributed by atoms with van der Waals surface area (Å²) in [6.45, 7) is 2.63. The fourth-order valence-corrected chi connectivity index (χ4v) is 4.50. The molecule has 0 heterocycles. The largest absolute Gasteiger partial charge is 0.494 e. The first kappa shape index (κ1) is 20.0. The van der Waals surface area contributed by atoms with Gasteiger partial charge in [0.15, 0.2) is 0 Å². The lowest BCUT2D eigenvalue weighted by Gasteiger charge is -2.40. The summed E-state index contributed by atoms with van der Waals surface area (Å²) in [6, 6.07) is 17.9. The highest BCUT2D eigenvalue weighted by atomic mass is 16.5. The molecule has 2 aliphatic carbocycles. The lowest BCUT2D eigenvalue weighted by molar-refractivity contribution is -0.122. The number of nitrogens with one attached hydrogen (secondary N) is 2. The standard InChI is InChI=1S/C25H32N2O2/c1-2-29-22-13-7-18(8-14-22)17-25(28)27-24-16-15-23(24)26-21-11-9-19-5-3-4-6-20(19)10-12-21/h3-8,13-14,21,23-24,26H,2,9-12,15-17H2,1H3,(H,27,28)/t23-,24+/m1/s1. The van der Waals surface area contributed by atoms with Crippen LogP contribution in [0.15, 0.2) is 48.5 Å². The topological polar surface area (TPSA) is 50.4 Å². The number of carbonyl (C=O) groups is 1. The van der Waals surface area contributed by atoms with Gasteiger partial charge in [-0.05, 0) is 74.3 Å². The van der Waals surface area contributed by atoms with E-state index in [1.165, 1.54) is 24.0 Å². The monoisotopic (exact) mass is 392 g/mol. The highest BCUT2D eigenvalue weighted by Gasteiger charge is 2.33. The molecule has 4 rings (SSSR count). The first-order valence-electron chi connectivity index (χ1n) is 11.0. The van der Waals surface area contributed by atoms with Crippen LogP contribution in [0.1, 0.15) is 49.3 Å². The van der Waals surface area contributed by atoms with Gasteiger partial charge < -0.3 is 15.4 Å². The summed E-state index contributed by atoms with van der Waals surface area (Å²) in [5.41, 5.74) is 4.03. The molecule has 0 unspecified atom stereocenters. The lowest BCUT2D eigenvalue weighted by Crippen LogP contribution is -2.59. The van der Waals surface area contributed by atoms with Crippen molar-refractivity contribution in [3.05, 3.63) is 65.2 Å². The average Bonchev–Trinajstić information content (AvgIpc) is 2.94. The van der Waals surface area contributed by atoms with Gasteiger partial charge in [0.1, 0.15) is 5.75 Å². The summed E-state index contributed by atoms with van der Waals surface area (Å²) in [5.74, 6) is 0.962. The zero-order valence-electron chi connectivity index (χ0n) is 17.3. The van der Waals surface area contributed by atoms with E-state index >= 15 is 0 Å². The predicted octanol–water partition coefficient (Wildman–Crippen LogP) is 3.81. The maximum atomic E-state index is 12.5. The van der Waals surface area contributed by atoms with Crippen LogP contribution in [-0.2, 0) is 24.1 Å². The Kier molecular flexibility index (Phi) is 6.50. The van der Waals surface area contributed by atoms with Crippen LogP contribution in [0.4, 0.5) is 0 Å². The minimum atomic E-state index is 0.110. The van der Waals surface area contributed by atoms with Gasteiger partial charge in [0.2, 0.25) is 5.91 Å². The van der Waals surface area contributed by atoms with Crippen molar-refractivity contribution in [1.29, 1.82) is 0 Å². The van der Waals surface area contributed by atoms with Crippen molar-refractivity contribution in [2.45, 2.75) is 70.0 Å². The minimum absolute atomic E-state index is 0.110. The number of ether oxygens (including phenoxy) is 1. The fraction of sp³-hybridized carbons (Fsp3) is 0.480. The van der Waals surface area contributed by atoms with Crippen molar-refractivity contribution in [2.75, 3.05) is 6.61 Å². The molecule has 0 saturated heterocycles. The van der Waals surface area contributed by atoms with Crippen molar-refractivity contribution < 1.29 is 9.53 Å². The first-order chi connectivity index (χ1) is 14.2. The van der Waals surface area contributed by atoms with Crippen molar-refractivity contribution in [3.8, 4) is 5.75 Å². The van der Waals surface area contributed by atoms with Gasteiger partial charge in [0, 0.05) is 18.1 Å². The van der Waals surface area contributed by atoms with Crippen LogP contribution in [0.5, 0.6) is 5.75 Å². The molecule has 29 heavy (non-hydrogen) atoms. The molecular weight excluding hydrogens is 360 g/mol. The van der Waals surface area contributed by atoms with Gasteiger partial charge in [0.25, 0.3) is 0 Å². The highest BCUT2D eigenvalue weighted by Crippen LogP contribution is 2.25. The third-order valence-electron chi connectivity index (χ3n) is 6.31. The number of fused-ring (bicyclic) bond motifs is 1. The molecule has 0 bridgehead atoms. The highest BCUT2D eigenvalue weighted by molar-refractivity contribution is 5.79. The average molecular weight is 393 g/mol. The number of benzene rings is 2. The van der Waals surface area contributed by atoms with Crippen LogP contribution in [0.25, 0.3) is 0 Å². The molecule has 2 aromatic rings. The van der Waals surface area contributed by atoms with Gasteiger partial charge in [0.05, 0.1) is 13.0 Å². The first-order valence-corrected chi connectivity index (χ1v) is 11.0. The summed E-state index contributed by atoms with van der Waals surface area (Å²) in [6.07, 6.45) is 7.30. The van der Waals surface area contributed by atoms with Crippen LogP contribution in [0.3, 0.4) is 0 Å². The third-order valence-corrected chi connectivity index (χ3v) is 6.31. The molecule has 1 saturated carbocycles. The summed E-state index contributed by atoms with van der Waals surface area (Å²) in [5, 5.41) is 7.08. The number of amides is 1. The van der Waals surface area contributed by atoms with Gasteiger partial charge in [-0.2, -0.15) is 0 Å². The van der Waals surface area contributed by atoms with Crippen LogP contribution in [-0.4, -0.2) is 30.6 Å². The van der Waals surface area contributed by atoms with E-state index in [1.807, 2.05) is 31.2 Å². The van der Waals surface area contributed by atoms with Crippen LogP contribution in [0, 0.1) is 0 Å². The van der Waals surface area contributed by atoms with E-state index in [-0.39, 0.29) is 11.9 Å². The second-order valence-electron chi connectivity index (χ2n) is 8.32. The van der Waals surface area contributed by atoms with Crippen molar-refractivity contribution >= 4 is 5.91 Å². The molecule has 2 atom stereocenters. The molecule has 0 aliphatic heterocycles. The third kappa shape index (κ3) is 5.18. The summed E-state index contributed by atoms with van der Waals surface area (Å²) < 4.78 is 5.46. The normalized spacial score (nSPS) is 21.6. The smallest absolute Gasteiger partial charge is 0.224 e. The minimum Gasteiger partial charge on any atom is -0.494 e. The Morgan fingerprint density at radius 2 is 1.59 bits per heavy atom. The van der Waals surface area contributed by atoms with Crippen LogP contribution < -0.4 is 15.4 Å². The Balaban J connectivity index is 1.24. The SMILES string of the molecule is CCOc1ccc(CC(=O)N[C@H]2CC[C@H]2NC2CCc3ccccc3CC2)cc1. The summed E-state index contributed by atoms with van der Waals surface area (Å²) in [4.78, 5) is 12.5. The maximum Gasteiger partial charge on any atom is 0.224 e. The molecule has 0 spiro atoms.